The minimum absolute atomic E-state index is 0.0484. The highest BCUT2D eigenvalue weighted by Crippen LogP contribution is 2.27. The van der Waals surface area contributed by atoms with Gasteiger partial charge in [-0.2, -0.15) is 0 Å². The fraction of sp³-hybridized carbons (Fsp3) is 0.250. The molecule has 2 rings (SSSR count). The number of hydrogen-bond acceptors (Lipinski definition) is 1. The number of halogens is 1. The van der Waals surface area contributed by atoms with Crippen molar-refractivity contribution in [2.45, 2.75) is 20.8 Å². The first-order valence-electron chi connectivity index (χ1n) is 5.10. The minimum Gasteiger partial charge on any atom is -0.477 e. The van der Waals surface area contributed by atoms with E-state index >= 15 is 0 Å². The van der Waals surface area contributed by atoms with E-state index in [4.69, 9.17) is 16.7 Å². The van der Waals surface area contributed by atoms with Crippen LogP contribution in [0.5, 0.6) is 0 Å². The van der Waals surface area contributed by atoms with Gasteiger partial charge in [-0.15, -0.1) is 0 Å². The third-order valence-corrected chi connectivity index (χ3v) is 2.50. The predicted octanol–water partition coefficient (Wildman–Crippen LogP) is 3.85. The number of carboxylic acids is 1. The number of aryl methyl sites for hydroxylation is 1. The second-order valence-electron chi connectivity index (χ2n) is 3.17. The van der Waals surface area contributed by atoms with Crippen molar-refractivity contribution >= 4 is 28.5 Å². The number of fused-ring (bicyclic) bond motifs is 1. The lowest BCUT2D eigenvalue weighted by Gasteiger charge is -1.92. The number of carboxylic acid groups (broad SMARTS) is 1. The van der Waals surface area contributed by atoms with Gasteiger partial charge in [-0.25, -0.2) is 4.79 Å². The Hall–Kier alpha value is -1.48. The Kier molecular flexibility index (Phi) is 3.96. The fourth-order valence-corrected chi connectivity index (χ4v) is 1.70. The lowest BCUT2D eigenvalue weighted by molar-refractivity contribution is 0.0692. The summed E-state index contributed by atoms with van der Waals surface area (Å²) in [5, 5.41) is 9.85. The fourth-order valence-electron chi connectivity index (χ4n) is 1.42. The van der Waals surface area contributed by atoms with Crippen molar-refractivity contribution in [1.29, 1.82) is 0 Å². The predicted molar refractivity (Wildman–Crippen MR) is 66.4 cm³/mol. The van der Waals surface area contributed by atoms with Gasteiger partial charge in [0, 0.05) is 10.9 Å². The van der Waals surface area contributed by atoms with Crippen LogP contribution in [0.1, 0.15) is 29.9 Å². The van der Waals surface area contributed by atoms with Crippen LogP contribution in [0.4, 0.5) is 0 Å². The smallest absolute Gasteiger partial charge is 0.353 e. The number of aromatic carboxylic acids is 1. The van der Waals surface area contributed by atoms with E-state index in [-0.39, 0.29) is 10.7 Å². The third kappa shape index (κ3) is 2.19. The van der Waals surface area contributed by atoms with Gasteiger partial charge in [-0.05, 0) is 19.1 Å². The first kappa shape index (κ1) is 12.6. The van der Waals surface area contributed by atoms with Gasteiger partial charge in [0.2, 0.25) is 0 Å². The van der Waals surface area contributed by atoms with Crippen molar-refractivity contribution in [2.75, 3.05) is 0 Å². The zero-order valence-electron chi connectivity index (χ0n) is 9.47. The van der Waals surface area contributed by atoms with Crippen molar-refractivity contribution in [1.82, 2.24) is 4.98 Å². The zero-order chi connectivity index (χ0) is 12.3. The Labute approximate surface area is 99.0 Å². The van der Waals surface area contributed by atoms with Gasteiger partial charge in [0.25, 0.3) is 0 Å². The first-order valence-corrected chi connectivity index (χ1v) is 5.48. The standard InChI is InChI=1S/C10H8ClNO2.C2H6/c1-5-2-3-7-6(4-5)8(11)9(12-7)10(13)14;1-2/h2-4,12H,1H3,(H,13,14);1-2H3. The molecule has 2 aromatic rings. The number of aromatic nitrogens is 1. The summed E-state index contributed by atoms with van der Waals surface area (Å²) in [4.78, 5) is 13.5. The molecule has 0 aliphatic rings. The summed E-state index contributed by atoms with van der Waals surface area (Å²) in [5.74, 6) is -1.04. The van der Waals surface area contributed by atoms with Gasteiger partial charge in [-0.1, -0.05) is 37.1 Å². The highest BCUT2D eigenvalue weighted by molar-refractivity contribution is 6.38. The molecule has 0 radical (unpaired) electrons. The summed E-state index contributed by atoms with van der Waals surface area (Å²) in [5.41, 5.74) is 1.85. The number of H-pyrrole nitrogens is 1. The zero-order valence-corrected chi connectivity index (χ0v) is 10.2. The summed E-state index contributed by atoms with van der Waals surface area (Å²) in [6.45, 7) is 5.93. The van der Waals surface area contributed by atoms with Crippen LogP contribution in [0.25, 0.3) is 10.9 Å². The Morgan fingerprint density at radius 1 is 1.38 bits per heavy atom. The van der Waals surface area contributed by atoms with E-state index in [2.05, 4.69) is 4.98 Å². The molecule has 1 aromatic heterocycles. The first-order chi connectivity index (χ1) is 7.59. The molecule has 86 valence electrons. The van der Waals surface area contributed by atoms with E-state index in [9.17, 15) is 4.79 Å². The van der Waals surface area contributed by atoms with Crippen LogP contribution in [0.3, 0.4) is 0 Å². The molecule has 0 fully saturated rings. The third-order valence-electron chi connectivity index (χ3n) is 2.10. The molecular formula is C12H14ClNO2. The molecule has 0 saturated carbocycles. The number of benzene rings is 1. The Morgan fingerprint density at radius 3 is 2.56 bits per heavy atom. The molecule has 2 N–H and O–H groups in total. The largest absolute Gasteiger partial charge is 0.477 e. The van der Waals surface area contributed by atoms with Crippen molar-refractivity contribution in [3.05, 3.63) is 34.5 Å². The van der Waals surface area contributed by atoms with Crippen molar-refractivity contribution < 1.29 is 9.90 Å². The summed E-state index contributed by atoms with van der Waals surface area (Å²) in [6, 6.07) is 5.59. The molecule has 0 aliphatic heterocycles. The summed E-state index contributed by atoms with van der Waals surface area (Å²) in [7, 11) is 0. The normalized spacial score (nSPS) is 9.75. The summed E-state index contributed by atoms with van der Waals surface area (Å²) >= 11 is 5.91. The van der Waals surface area contributed by atoms with Crippen LogP contribution in [-0.4, -0.2) is 16.1 Å². The molecule has 0 aliphatic carbocycles. The van der Waals surface area contributed by atoms with Crippen LogP contribution >= 0.6 is 11.6 Å². The maximum atomic E-state index is 10.8. The molecule has 3 nitrogen and oxygen atoms in total. The van der Waals surface area contributed by atoms with Crippen LogP contribution in [0.15, 0.2) is 18.2 Å². The summed E-state index contributed by atoms with van der Waals surface area (Å²) < 4.78 is 0. The maximum absolute atomic E-state index is 10.8. The van der Waals surface area contributed by atoms with Gasteiger partial charge in [-0.3, -0.25) is 0 Å². The molecule has 0 spiro atoms. The average Bonchev–Trinajstić information content (AvgIpc) is 2.59. The minimum atomic E-state index is -1.04. The van der Waals surface area contributed by atoms with Gasteiger partial charge < -0.3 is 10.1 Å². The van der Waals surface area contributed by atoms with E-state index in [1.165, 1.54) is 0 Å². The lowest BCUT2D eigenvalue weighted by Crippen LogP contribution is -1.96. The molecule has 16 heavy (non-hydrogen) atoms. The Morgan fingerprint density at radius 2 is 2.00 bits per heavy atom. The number of aromatic amines is 1. The lowest BCUT2D eigenvalue weighted by atomic mass is 10.2. The Balaban J connectivity index is 0.000000606. The molecule has 0 saturated heterocycles. The summed E-state index contributed by atoms with van der Waals surface area (Å²) in [6.07, 6.45) is 0. The molecule has 0 amide bonds. The van der Waals surface area contributed by atoms with Crippen LogP contribution in [0.2, 0.25) is 5.02 Å². The van der Waals surface area contributed by atoms with E-state index in [1.54, 1.807) is 0 Å². The highest BCUT2D eigenvalue weighted by Gasteiger charge is 2.14. The molecule has 0 unspecified atom stereocenters. The average molecular weight is 240 g/mol. The number of nitrogens with one attached hydrogen (secondary N) is 1. The highest BCUT2D eigenvalue weighted by atomic mass is 35.5. The van der Waals surface area contributed by atoms with Crippen LogP contribution < -0.4 is 0 Å². The van der Waals surface area contributed by atoms with Crippen molar-refractivity contribution in [2.24, 2.45) is 0 Å². The molecule has 4 heteroatoms. The van der Waals surface area contributed by atoms with E-state index in [0.717, 1.165) is 16.5 Å². The van der Waals surface area contributed by atoms with Crippen LogP contribution in [0, 0.1) is 6.92 Å². The topological polar surface area (TPSA) is 53.1 Å². The van der Waals surface area contributed by atoms with Gasteiger partial charge in [0.05, 0.1) is 5.02 Å². The van der Waals surface area contributed by atoms with E-state index in [0.29, 0.717) is 0 Å². The molecule has 0 atom stereocenters. The molecule has 1 heterocycles. The van der Waals surface area contributed by atoms with Gasteiger partial charge in [0.1, 0.15) is 5.69 Å². The van der Waals surface area contributed by atoms with E-state index in [1.807, 2.05) is 39.0 Å². The molecule has 0 bridgehead atoms. The van der Waals surface area contributed by atoms with Gasteiger partial charge in [0.15, 0.2) is 0 Å². The Bertz CT molecular complexity index is 517. The quantitative estimate of drug-likeness (QED) is 0.794. The second-order valence-corrected chi connectivity index (χ2v) is 3.55. The van der Waals surface area contributed by atoms with Crippen molar-refractivity contribution in [3.63, 3.8) is 0 Å². The van der Waals surface area contributed by atoms with Gasteiger partial charge >= 0.3 is 5.97 Å². The number of rotatable bonds is 1. The number of carbonyl (C=O) groups is 1. The number of hydrogen-bond donors (Lipinski definition) is 2. The van der Waals surface area contributed by atoms with Crippen molar-refractivity contribution in [3.8, 4) is 0 Å². The van der Waals surface area contributed by atoms with E-state index < -0.39 is 5.97 Å². The monoisotopic (exact) mass is 239 g/mol. The SMILES string of the molecule is CC.Cc1ccc2[nH]c(C(=O)O)c(Cl)c2c1. The second kappa shape index (κ2) is 5.03. The molecule has 1 aromatic carbocycles. The maximum Gasteiger partial charge on any atom is 0.353 e. The molecular weight excluding hydrogens is 226 g/mol. The van der Waals surface area contributed by atoms with Crippen LogP contribution in [-0.2, 0) is 0 Å².